The van der Waals surface area contributed by atoms with E-state index in [4.69, 9.17) is 32.7 Å². The van der Waals surface area contributed by atoms with Crippen molar-refractivity contribution < 1.29 is 9.47 Å². The Kier molecular flexibility index (Phi) is 7.07. The van der Waals surface area contributed by atoms with Gasteiger partial charge in [0.25, 0.3) is 0 Å². The zero-order valence-corrected chi connectivity index (χ0v) is 23.1. The molecule has 4 nitrogen and oxygen atoms in total. The van der Waals surface area contributed by atoms with E-state index in [0.717, 1.165) is 83.9 Å². The molecule has 0 aromatic heterocycles. The lowest BCUT2D eigenvalue weighted by Crippen LogP contribution is -2.24. The highest BCUT2D eigenvalue weighted by molar-refractivity contribution is 6.39. The van der Waals surface area contributed by atoms with Crippen molar-refractivity contribution >= 4 is 23.2 Å². The molecular formula is C32H30Cl2N2O2. The van der Waals surface area contributed by atoms with Gasteiger partial charge in [-0.1, -0.05) is 71.7 Å². The predicted octanol–water partition coefficient (Wildman–Crippen LogP) is 7.30. The van der Waals surface area contributed by atoms with E-state index in [-0.39, 0.29) is 0 Å². The van der Waals surface area contributed by atoms with Gasteiger partial charge in [-0.25, -0.2) is 0 Å². The van der Waals surface area contributed by atoms with Gasteiger partial charge in [-0.05, 0) is 60.3 Å². The van der Waals surface area contributed by atoms with Crippen LogP contribution >= 0.6 is 23.2 Å². The van der Waals surface area contributed by atoms with Crippen LogP contribution < -0.4 is 20.1 Å². The van der Waals surface area contributed by atoms with Crippen LogP contribution in [0.1, 0.15) is 22.3 Å². The number of nitrogens with one attached hydrogen (secondary N) is 2. The summed E-state index contributed by atoms with van der Waals surface area (Å²) in [5.74, 6) is 1.78. The topological polar surface area (TPSA) is 42.5 Å². The zero-order valence-electron chi connectivity index (χ0n) is 21.6. The van der Waals surface area contributed by atoms with E-state index in [1.807, 2.05) is 24.3 Å². The van der Waals surface area contributed by atoms with Gasteiger partial charge in [0.05, 0.1) is 24.3 Å². The smallest absolute Gasteiger partial charge is 0.124 e. The van der Waals surface area contributed by atoms with Crippen LogP contribution in [0.5, 0.6) is 11.5 Å². The molecule has 0 saturated heterocycles. The molecule has 38 heavy (non-hydrogen) atoms. The van der Waals surface area contributed by atoms with E-state index in [9.17, 15) is 0 Å². The summed E-state index contributed by atoms with van der Waals surface area (Å²) in [4.78, 5) is 0. The summed E-state index contributed by atoms with van der Waals surface area (Å²) in [5.41, 5.74) is 10.9. The van der Waals surface area contributed by atoms with Crippen molar-refractivity contribution in [2.75, 3.05) is 27.3 Å². The number of ether oxygens (including phenoxy) is 2. The molecule has 2 heterocycles. The summed E-state index contributed by atoms with van der Waals surface area (Å²) in [7, 11) is 3.45. The number of hydrogen-bond acceptors (Lipinski definition) is 4. The molecule has 0 fully saturated rings. The summed E-state index contributed by atoms with van der Waals surface area (Å²) in [5, 5.41) is 8.22. The summed E-state index contributed by atoms with van der Waals surface area (Å²) in [6.07, 6.45) is 1.93. The largest absolute Gasteiger partial charge is 0.496 e. The fraction of sp³-hybridized carbons (Fsp3) is 0.250. The van der Waals surface area contributed by atoms with Gasteiger partial charge >= 0.3 is 0 Å². The SMILES string of the molecule is COc1cc(-c2cccc(-c3cccc(-c4cc5c(c(OC)c4)CNCC5)c3Cl)c2Cl)cc2c1CNCC2. The van der Waals surface area contributed by atoms with Crippen LogP contribution in [0.2, 0.25) is 10.0 Å². The Morgan fingerprint density at radius 1 is 0.605 bits per heavy atom. The molecule has 194 valence electrons. The maximum Gasteiger partial charge on any atom is 0.124 e. The van der Waals surface area contributed by atoms with Crippen LogP contribution in [0.15, 0.2) is 60.7 Å². The highest BCUT2D eigenvalue weighted by Crippen LogP contribution is 2.44. The Bertz CT molecular complexity index is 1380. The molecule has 2 aliphatic heterocycles. The highest BCUT2D eigenvalue weighted by Gasteiger charge is 2.21. The maximum absolute atomic E-state index is 7.13. The second-order valence-electron chi connectivity index (χ2n) is 9.82. The number of benzene rings is 4. The molecule has 0 radical (unpaired) electrons. The fourth-order valence-electron chi connectivity index (χ4n) is 5.73. The molecule has 0 unspecified atom stereocenters. The van der Waals surface area contributed by atoms with Crippen molar-refractivity contribution in [2.24, 2.45) is 0 Å². The molecule has 2 aliphatic rings. The van der Waals surface area contributed by atoms with E-state index >= 15 is 0 Å². The Morgan fingerprint density at radius 2 is 1.03 bits per heavy atom. The molecule has 4 aromatic carbocycles. The summed E-state index contributed by atoms with van der Waals surface area (Å²) in [6, 6.07) is 21.0. The standard InChI is InChI=1S/C32H30Cl2N2O2/c1-37-29-15-21(13-19-9-11-35-17-27(19)29)23-5-3-7-25(31(23)33)26-8-4-6-24(32(26)34)22-14-20-10-12-36-18-28(20)30(16-22)38-2/h3-8,13-16,35-36H,9-12,17-18H2,1-2H3. The molecule has 0 bridgehead atoms. The molecule has 6 heteroatoms. The maximum atomic E-state index is 7.13. The lowest BCUT2D eigenvalue weighted by Gasteiger charge is -2.22. The molecule has 0 atom stereocenters. The van der Waals surface area contributed by atoms with Crippen LogP contribution in [0.3, 0.4) is 0 Å². The van der Waals surface area contributed by atoms with Crippen molar-refractivity contribution in [3.63, 3.8) is 0 Å². The molecule has 6 rings (SSSR count). The molecule has 2 N–H and O–H groups in total. The Balaban J connectivity index is 1.45. The quantitative estimate of drug-likeness (QED) is 0.276. The van der Waals surface area contributed by atoms with E-state index < -0.39 is 0 Å². The molecule has 0 amide bonds. The number of halogens is 2. The normalized spacial score (nSPS) is 14.5. The molecule has 0 aliphatic carbocycles. The third kappa shape index (κ3) is 4.46. The summed E-state index contributed by atoms with van der Waals surface area (Å²) in [6.45, 7) is 3.55. The second-order valence-corrected chi connectivity index (χ2v) is 10.6. The third-order valence-electron chi connectivity index (χ3n) is 7.70. The van der Waals surface area contributed by atoms with E-state index in [2.05, 4.69) is 47.0 Å². The Morgan fingerprint density at radius 3 is 1.45 bits per heavy atom. The van der Waals surface area contributed by atoms with Crippen molar-refractivity contribution in [3.05, 3.63) is 93.0 Å². The van der Waals surface area contributed by atoms with Gasteiger partial charge in [0.1, 0.15) is 11.5 Å². The van der Waals surface area contributed by atoms with E-state index in [0.29, 0.717) is 10.0 Å². The van der Waals surface area contributed by atoms with E-state index in [1.54, 1.807) is 14.2 Å². The van der Waals surface area contributed by atoms with Crippen LogP contribution in [0.25, 0.3) is 33.4 Å². The van der Waals surface area contributed by atoms with Gasteiger partial charge in [0.2, 0.25) is 0 Å². The van der Waals surface area contributed by atoms with Gasteiger partial charge in [-0.2, -0.15) is 0 Å². The van der Waals surface area contributed by atoms with Crippen LogP contribution in [0.4, 0.5) is 0 Å². The third-order valence-corrected chi connectivity index (χ3v) is 8.51. The van der Waals surface area contributed by atoms with Gasteiger partial charge in [0.15, 0.2) is 0 Å². The number of hydrogen-bond donors (Lipinski definition) is 2. The molecule has 4 aromatic rings. The molecule has 0 spiro atoms. The molecule has 0 saturated carbocycles. The first-order chi connectivity index (χ1) is 18.6. The van der Waals surface area contributed by atoms with Crippen molar-refractivity contribution in [2.45, 2.75) is 25.9 Å². The lowest BCUT2D eigenvalue weighted by molar-refractivity contribution is 0.405. The lowest BCUT2D eigenvalue weighted by atomic mass is 9.91. The average Bonchev–Trinajstić information content (AvgIpc) is 2.96. The minimum atomic E-state index is 0.677. The number of rotatable bonds is 5. The fourth-order valence-corrected chi connectivity index (χ4v) is 6.40. The Labute approximate surface area is 233 Å². The molecular weight excluding hydrogens is 515 g/mol. The van der Waals surface area contributed by atoms with Crippen LogP contribution in [0, 0.1) is 0 Å². The first kappa shape index (κ1) is 25.3. The number of fused-ring (bicyclic) bond motifs is 2. The van der Waals surface area contributed by atoms with Crippen molar-refractivity contribution in [1.82, 2.24) is 10.6 Å². The highest BCUT2D eigenvalue weighted by atomic mass is 35.5. The first-order valence-electron chi connectivity index (χ1n) is 13.0. The van der Waals surface area contributed by atoms with Gasteiger partial charge in [-0.3, -0.25) is 0 Å². The minimum absolute atomic E-state index is 0.677. The van der Waals surface area contributed by atoms with Crippen LogP contribution in [-0.2, 0) is 25.9 Å². The van der Waals surface area contributed by atoms with Crippen LogP contribution in [-0.4, -0.2) is 27.3 Å². The first-order valence-corrected chi connectivity index (χ1v) is 13.7. The Hall–Kier alpha value is -3.02. The monoisotopic (exact) mass is 544 g/mol. The van der Waals surface area contributed by atoms with Gasteiger partial charge < -0.3 is 20.1 Å². The van der Waals surface area contributed by atoms with Gasteiger partial charge in [0, 0.05) is 46.5 Å². The average molecular weight is 546 g/mol. The van der Waals surface area contributed by atoms with E-state index in [1.165, 1.54) is 22.3 Å². The summed E-state index contributed by atoms with van der Waals surface area (Å²) >= 11 is 14.3. The summed E-state index contributed by atoms with van der Waals surface area (Å²) < 4.78 is 11.5. The second kappa shape index (κ2) is 10.6. The predicted molar refractivity (Wildman–Crippen MR) is 157 cm³/mol. The minimum Gasteiger partial charge on any atom is -0.496 e. The van der Waals surface area contributed by atoms with Crippen molar-refractivity contribution in [3.8, 4) is 44.9 Å². The zero-order chi connectivity index (χ0) is 26.2. The number of methoxy groups -OCH3 is 2. The van der Waals surface area contributed by atoms with Gasteiger partial charge in [-0.15, -0.1) is 0 Å². The van der Waals surface area contributed by atoms with Crippen molar-refractivity contribution in [1.29, 1.82) is 0 Å².